The fourth-order valence-corrected chi connectivity index (χ4v) is 10.5. The number of sulfonamides is 1. The van der Waals surface area contributed by atoms with E-state index in [4.69, 9.17) is 37.7 Å². The summed E-state index contributed by atoms with van der Waals surface area (Å²) in [7, 11) is -2.07. The molecule has 5 aromatic rings. The number of ether oxygens (including phenoxy) is 2. The first-order valence-electron chi connectivity index (χ1n) is 20.4. The number of amides is 1. The molecule has 1 saturated carbocycles. The third-order valence-electron chi connectivity index (χ3n) is 12.4. The quantitative estimate of drug-likeness (QED) is 0.109. The maximum absolute atomic E-state index is 12.9. The molecular weight excluding hydrogens is 825 g/mol. The maximum Gasteiger partial charge on any atom is 0.240 e. The third-order valence-corrected chi connectivity index (χ3v) is 15.2. The molecule has 3 fully saturated rings. The highest BCUT2D eigenvalue weighted by Crippen LogP contribution is 2.45. The predicted octanol–water partition coefficient (Wildman–Crippen LogP) is 7.20. The van der Waals surface area contributed by atoms with Crippen LogP contribution in [0, 0.1) is 5.92 Å². The molecule has 2 aromatic carbocycles. The Morgan fingerprint density at radius 1 is 0.967 bits per heavy atom. The van der Waals surface area contributed by atoms with Crippen LogP contribution in [0.1, 0.15) is 67.4 Å². The summed E-state index contributed by atoms with van der Waals surface area (Å²) in [6, 6.07) is 17.9. The molecule has 1 amide bonds. The number of halogens is 2. The van der Waals surface area contributed by atoms with Crippen LogP contribution in [-0.4, -0.2) is 88.3 Å². The molecule has 13 nitrogen and oxygen atoms in total. The van der Waals surface area contributed by atoms with Crippen molar-refractivity contribution >= 4 is 61.5 Å². The van der Waals surface area contributed by atoms with Gasteiger partial charge in [0, 0.05) is 61.6 Å². The molecule has 0 bridgehead atoms. The molecule has 9 rings (SSSR count). The number of aromatic nitrogens is 3. The van der Waals surface area contributed by atoms with Gasteiger partial charge in [-0.15, -0.1) is 0 Å². The van der Waals surface area contributed by atoms with Crippen molar-refractivity contribution in [2.45, 2.75) is 75.5 Å². The first-order chi connectivity index (χ1) is 28.9. The number of aliphatic hydroxyl groups excluding tert-OH is 1. The molecule has 3 atom stereocenters. The number of fused-ring (bicyclic) bond motifs is 2. The van der Waals surface area contributed by atoms with Gasteiger partial charge in [-0.25, -0.2) is 13.4 Å². The van der Waals surface area contributed by atoms with Gasteiger partial charge in [0.2, 0.25) is 27.7 Å². The van der Waals surface area contributed by atoms with Crippen LogP contribution in [0.5, 0.6) is 11.8 Å². The lowest BCUT2D eigenvalue weighted by Gasteiger charge is -2.20. The summed E-state index contributed by atoms with van der Waals surface area (Å²) in [6.07, 6.45) is 6.98. The van der Waals surface area contributed by atoms with Crippen LogP contribution in [0.15, 0.2) is 67.0 Å². The minimum absolute atomic E-state index is 0.268. The molecule has 314 valence electrons. The van der Waals surface area contributed by atoms with Gasteiger partial charge in [0.15, 0.2) is 5.82 Å². The number of carbonyl (C=O) groups is 1. The molecule has 16 heteroatoms. The number of carbonyl (C=O) groups excluding carboxylic acids is 1. The number of rotatable bonds is 13. The summed E-state index contributed by atoms with van der Waals surface area (Å²) in [5.74, 6) is 0.539. The fraction of sp³-hybridized carbons (Fsp3) is 0.409. The van der Waals surface area contributed by atoms with Crippen LogP contribution in [0.2, 0.25) is 10.0 Å². The largest absolute Gasteiger partial charge is 0.481 e. The van der Waals surface area contributed by atoms with E-state index in [1.165, 1.54) is 0 Å². The highest BCUT2D eigenvalue weighted by Gasteiger charge is 2.51. The van der Waals surface area contributed by atoms with Gasteiger partial charge in [-0.05, 0) is 98.5 Å². The Kier molecular flexibility index (Phi) is 11.1. The molecule has 3 N–H and O–H groups in total. The third kappa shape index (κ3) is 8.13. The fourth-order valence-electron chi connectivity index (χ4n) is 8.67. The van der Waals surface area contributed by atoms with Crippen LogP contribution < -0.4 is 19.5 Å². The van der Waals surface area contributed by atoms with Gasteiger partial charge in [-0.3, -0.25) is 24.3 Å². The van der Waals surface area contributed by atoms with E-state index in [1.54, 1.807) is 20.2 Å². The minimum atomic E-state index is -3.66. The number of likely N-dealkylation sites (tertiary alicyclic amines) is 2. The number of nitrogens with zero attached hydrogens (tertiary/aromatic N) is 5. The van der Waals surface area contributed by atoms with E-state index in [0.717, 1.165) is 64.6 Å². The molecule has 60 heavy (non-hydrogen) atoms. The van der Waals surface area contributed by atoms with Gasteiger partial charge in [0.1, 0.15) is 16.6 Å². The summed E-state index contributed by atoms with van der Waals surface area (Å²) >= 11 is 14.0. The van der Waals surface area contributed by atoms with Gasteiger partial charge >= 0.3 is 0 Å². The Hall–Kier alpha value is -4.57. The number of hydrogen-bond donors (Lipinski definition) is 3. The molecule has 2 aliphatic heterocycles. The van der Waals surface area contributed by atoms with Gasteiger partial charge in [0.25, 0.3) is 0 Å². The highest BCUT2D eigenvalue weighted by atomic mass is 35.5. The number of nitrogens with one attached hydrogen (secondary N) is 2. The second kappa shape index (κ2) is 16.4. The van der Waals surface area contributed by atoms with Gasteiger partial charge in [0.05, 0.1) is 34.6 Å². The normalized spacial score (nSPS) is 21.2. The molecule has 1 unspecified atom stereocenters. The van der Waals surface area contributed by atoms with Gasteiger partial charge < -0.3 is 19.9 Å². The van der Waals surface area contributed by atoms with Crippen molar-refractivity contribution in [2.75, 3.05) is 38.6 Å². The zero-order valence-corrected chi connectivity index (χ0v) is 35.8. The molecule has 2 aliphatic carbocycles. The van der Waals surface area contributed by atoms with Crippen LogP contribution in [0.4, 0.5) is 11.5 Å². The predicted molar refractivity (Wildman–Crippen MR) is 231 cm³/mol. The zero-order valence-electron chi connectivity index (χ0n) is 33.5. The first kappa shape index (κ1) is 40.8. The minimum Gasteiger partial charge on any atom is -0.481 e. The average Bonchev–Trinajstić information content (AvgIpc) is 3.50. The van der Waals surface area contributed by atoms with Crippen molar-refractivity contribution in [2.24, 2.45) is 5.92 Å². The van der Waals surface area contributed by atoms with E-state index < -0.39 is 20.7 Å². The number of β-amino-alcohol motifs (C(OH)–C–C–N with tert-alkyl or cyclic N) is 1. The molecule has 5 heterocycles. The van der Waals surface area contributed by atoms with Gasteiger partial charge in [-0.1, -0.05) is 53.5 Å². The summed E-state index contributed by atoms with van der Waals surface area (Å²) in [5.41, 5.74) is 7.29. The lowest BCUT2D eigenvalue weighted by Crippen LogP contribution is -2.42. The van der Waals surface area contributed by atoms with E-state index in [2.05, 4.69) is 48.0 Å². The van der Waals surface area contributed by atoms with E-state index in [9.17, 15) is 18.3 Å². The van der Waals surface area contributed by atoms with Crippen LogP contribution >= 0.6 is 23.2 Å². The lowest BCUT2D eigenvalue weighted by molar-refractivity contribution is -0.122. The summed E-state index contributed by atoms with van der Waals surface area (Å²) < 4.78 is 38.9. The lowest BCUT2D eigenvalue weighted by atomic mass is 9.96. The number of pyridine rings is 3. The van der Waals surface area contributed by atoms with Crippen molar-refractivity contribution in [3.05, 3.63) is 99.3 Å². The highest BCUT2D eigenvalue weighted by molar-refractivity contribution is 7.91. The smallest absolute Gasteiger partial charge is 0.240 e. The molecule has 3 aromatic heterocycles. The topological polar surface area (TPSA) is 159 Å². The van der Waals surface area contributed by atoms with Crippen molar-refractivity contribution in [3.8, 4) is 22.9 Å². The number of benzene rings is 2. The standard InChI is InChI=1S/C44H47Cl2N7O6S/c1-44(14-15-44)60(56,57)51-41(55)28-12-17-52(23-28)22-26-19-27-11-16-47-40(39(27)48-21-26)49-36-8-4-7-34(38(36)46)31-5-3-6-33-32(31)9-10-37(33)59-43-35(45)20-29(42(50-43)58-2)24-53-18-13-30(54)25-53/h3-8,11,16,19-21,28,30,37,54H,9-10,12-15,17-18,22-25H2,1-2H3,(H,47,49)(H,51,55)/t28?,30-,37-/m1/s1. The molecular formula is C44H47Cl2N7O6S. The van der Waals surface area contributed by atoms with E-state index in [0.29, 0.717) is 90.8 Å². The first-order valence-corrected chi connectivity index (χ1v) is 22.6. The van der Waals surface area contributed by atoms with Crippen molar-refractivity contribution < 1.29 is 27.8 Å². The van der Waals surface area contributed by atoms with Gasteiger partial charge in [-0.2, -0.15) is 4.98 Å². The second-order valence-electron chi connectivity index (χ2n) is 16.6. The number of hydrogen-bond acceptors (Lipinski definition) is 12. The van der Waals surface area contributed by atoms with Crippen molar-refractivity contribution in [1.29, 1.82) is 0 Å². The number of methoxy groups -OCH3 is 1. The molecule has 0 spiro atoms. The molecule has 2 saturated heterocycles. The maximum atomic E-state index is 12.9. The Bertz CT molecular complexity index is 2590. The summed E-state index contributed by atoms with van der Waals surface area (Å²) in [4.78, 5) is 31.3. The zero-order chi connectivity index (χ0) is 41.8. The van der Waals surface area contributed by atoms with E-state index in [-0.39, 0.29) is 18.1 Å². The summed E-state index contributed by atoms with van der Waals surface area (Å²) in [5, 5.41) is 15.3. The van der Waals surface area contributed by atoms with E-state index in [1.807, 2.05) is 42.6 Å². The van der Waals surface area contributed by atoms with Crippen LogP contribution in [-0.2, 0) is 34.3 Å². The van der Waals surface area contributed by atoms with Crippen LogP contribution in [0.25, 0.3) is 22.0 Å². The Morgan fingerprint density at radius 2 is 1.75 bits per heavy atom. The number of aliphatic hydroxyl groups is 1. The van der Waals surface area contributed by atoms with Crippen molar-refractivity contribution in [3.63, 3.8) is 0 Å². The number of anilines is 2. The van der Waals surface area contributed by atoms with Crippen LogP contribution in [0.3, 0.4) is 0 Å². The summed E-state index contributed by atoms with van der Waals surface area (Å²) in [6.45, 7) is 5.41. The molecule has 4 aliphatic rings. The molecule has 0 radical (unpaired) electrons. The Labute approximate surface area is 359 Å². The monoisotopic (exact) mass is 871 g/mol. The van der Waals surface area contributed by atoms with Crippen molar-refractivity contribution in [1.82, 2.24) is 29.5 Å². The Balaban J connectivity index is 0.885. The second-order valence-corrected chi connectivity index (χ2v) is 19.6. The SMILES string of the molecule is COc1nc(O[C@@H]2CCc3c(-c4cccc(Nc5nccc6cc(CN7CCC(C(=O)NS(=O)(=O)C8(C)CC8)C7)cnc56)c4Cl)cccc32)c(Cl)cc1CN1CC[C@@H](O)C1. The average molecular weight is 873 g/mol. The Morgan fingerprint density at radius 3 is 2.53 bits per heavy atom. The van der Waals surface area contributed by atoms with E-state index >= 15 is 0 Å².